The van der Waals surface area contributed by atoms with Crippen LogP contribution in [0.3, 0.4) is 0 Å². The van der Waals surface area contributed by atoms with E-state index < -0.39 is 0 Å². The van der Waals surface area contributed by atoms with Crippen LogP contribution in [0.1, 0.15) is 11.4 Å². The van der Waals surface area contributed by atoms with Crippen LogP contribution >= 0.6 is 22.9 Å². The van der Waals surface area contributed by atoms with Crippen molar-refractivity contribution in [2.24, 2.45) is 0 Å². The molecule has 0 aliphatic rings. The van der Waals surface area contributed by atoms with E-state index in [1.54, 1.807) is 17.5 Å². The number of hydrogen-bond donors (Lipinski definition) is 0. The lowest BCUT2D eigenvalue weighted by Gasteiger charge is -2.18. The molecular formula is C11H12ClN3S. The van der Waals surface area contributed by atoms with Crippen LogP contribution < -0.4 is 4.90 Å². The Labute approximate surface area is 104 Å². The molecule has 2 heterocycles. The zero-order valence-electron chi connectivity index (χ0n) is 8.93. The predicted octanol–water partition coefficient (Wildman–Crippen LogP) is 2.91. The van der Waals surface area contributed by atoms with Crippen molar-refractivity contribution in [3.8, 4) is 0 Å². The Morgan fingerprint density at radius 2 is 2.25 bits per heavy atom. The van der Waals surface area contributed by atoms with E-state index in [-0.39, 0.29) is 0 Å². The van der Waals surface area contributed by atoms with Gasteiger partial charge in [0.15, 0.2) is 0 Å². The van der Waals surface area contributed by atoms with Gasteiger partial charge in [-0.05, 0) is 12.1 Å². The van der Waals surface area contributed by atoms with Crippen molar-refractivity contribution < 1.29 is 0 Å². The summed E-state index contributed by atoms with van der Waals surface area (Å²) in [5.41, 5.74) is 4.93. The lowest BCUT2D eigenvalue weighted by Crippen LogP contribution is -2.16. The average molecular weight is 254 g/mol. The van der Waals surface area contributed by atoms with Crippen molar-refractivity contribution >= 4 is 28.6 Å². The van der Waals surface area contributed by atoms with Crippen LogP contribution in [0.5, 0.6) is 0 Å². The Morgan fingerprint density at radius 1 is 1.38 bits per heavy atom. The lowest BCUT2D eigenvalue weighted by atomic mass is 10.3. The van der Waals surface area contributed by atoms with Crippen molar-refractivity contribution in [3.63, 3.8) is 0 Å². The number of pyridine rings is 1. The number of hydrogen-bond acceptors (Lipinski definition) is 4. The molecule has 0 radical (unpaired) electrons. The van der Waals surface area contributed by atoms with Crippen molar-refractivity contribution in [3.05, 3.63) is 40.6 Å². The maximum absolute atomic E-state index is 5.75. The average Bonchev–Trinajstić information content (AvgIpc) is 2.82. The third kappa shape index (κ3) is 2.71. The fourth-order valence-corrected chi connectivity index (χ4v) is 2.12. The molecule has 5 heteroatoms. The predicted molar refractivity (Wildman–Crippen MR) is 68.0 cm³/mol. The molecule has 0 N–H and O–H groups in total. The highest BCUT2D eigenvalue weighted by Crippen LogP contribution is 2.16. The number of rotatable bonds is 4. The van der Waals surface area contributed by atoms with E-state index in [0.29, 0.717) is 5.88 Å². The molecule has 3 nitrogen and oxygen atoms in total. The van der Waals surface area contributed by atoms with E-state index in [9.17, 15) is 0 Å². The van der Waals surface area contributed by atoms with Gasteiger partial charge in [-0.15, -0.1) is 22.9 Å². The number of halogens is 1. The van der Waals surface area contributed by atoms with Crippen LogP contribution in [-0.4, -0.2) is 17.0 Å². The second kappa shape index (κ2) is 5.27. The maximum Gasteiger partial charge on any atom is 0.0795 e. The monoisotopic (exact) mass is 253 g/mol. The molecule has 0 aromatic carbocycles. The number of nitrogens with zero attached hydrogens (tertiary/aromatic N) is 3. The molecule has 0 spiro atoms. The van der Waals surface area contributed by atoms with E-state index in [1.807, 2.05) is 24.7 Å². The molecule has 2 aromatic rings. The standard InChI is InChI=1S/C11H12ClN3S/c1-15(6-10-7-16-8-14-10)11-2-3-13-9(4-11)5-12/h2-4,7-8H,5-6H2,1H3. The van der Waals surface area contributed by atoms with Crippen LogP contribution in [0.2, 0.25) is 0 Å². The van der Waals surface area contributed by atoms with Gasteiger partial charge in [0.1, 0.15) is 0 Å². The Hall–Kier alpha value is -1.13. The SMILES string of the molecule is CN(Cc1cscn1)c1ccnc(CCl)c1. The first kappa shape index (κ1) is 11.4. The zero-order chi connectivity index (χ0) is 11.4. The summed E-state index contributed by atoms with van der Waals surface area (Å²) in [6.07, 6.45) is 1.78. The first-order chi connectivity index (χ1) is 7.79. The summed E-state index contributed by atoms with van der Waals surface area (Å²) in [6, 6.07) is 3.97. The molecule has 2 rings (SSSR count). The van der Waals surface area contributed by atoms with Crippen molar-refractivity contribution in [1.29, 1.82) is 0 Å². The summed E-state index contributed by atoms with van der Waals surface area (Å²) in [5, 5.41) is 2.06. The Bertz CT molecular complexity index is 444. The summed E-state index contributed by atoms with van der Waals surface area (Å²) < 4.78 is 0. The summed E-state index contributed by atoms with van der Waals surface area (Å²) in [5.74, 6) is 0.443. The Kier molecular flexibility index (Phi) is 3.74. The number of aromatic nitrogens is 2. The molecule has 0 atom stereocenters. The molecule has 0 saturated heterocycles. The minimum atomic E-state index is 0.443. The first-order valence-electron chi connectivity index (χ1n) is 4.88. The minimum Gasteiger partial charge on any atom is -0.369 e. The van der Waals surface area contributed by atoms with Gasteiger partial charge in [-0.25, -0.2) is 4.98 Å². The molecule has 0 amide bonds. The summed E-state index contributed by atoms with van der Waals surface area (Å²) in [7, 11) is 2.03. The van der Waals surface area contributed by atoms with E-state index in [4.69, 9.17) is 11.6 Å². The van der Waals surface area contributed by atoms with Gasteiger partial charge < -0.3 is 4.90 Å². The third-order valence-corrected chi connectivity index (χ3v) is 3.17. The van der Waals surface area contributed by atoms with Gasteiger partial charge in [0, 0.05) is 24.3 Å². The Balaban J connectivity index is 2.11. The summed E-state index contributed by atoms with van der Waals surface area (Å²) in [4.78, 5) is 10.6. The fourth-order valence-electron chi connectivity index (χ4n) is 1.43. The van der Waals surface area contributed by atoms with Crippen LogP contribution in [0, 0.1) is 0 Å². The van der Waals surface area contributed by atoms with Gasteiger partial charge in [-0.3, -0.25) is 4.98 Å². The van der Waals surface area contributed by atoms with E-state index >= 15 is 0 Å². The molecule has 2 aromatic heterocycles. The molecular weight excluding hydrogens is 242 g/mol. The smallest absolute Gasteiger partial charge is 0.0795 e. The maximum atomic E-state index is 5.75. The first-order valence-corrected chi connectivity index (χ1v) is 6.36. The van der Waals surface area contributed by atoms with Crippen molar-refractivity contribution in [2.45, 2.75) is 12.4 Å². The van der Waals surface area contributed by atoms with Gasteiger partial charge >= 0.3 is 0 Å². The van der Waals surface area contributed by atoms with Gasteiger partial charge in [0.05, 0.1) is 29.3 Å². The van der Waals surface area contributed by atoms with Gasteiger partial charge in [0.2, 0.25) is 0 Å². The molecule has 0 bridgehead atoms. The van der Waals surface area contributed by atoms with Crippen molar-refractivity contribution in [2.75, 3.05) is 11.9 Å². The second-order valence-electron chi connectivity index (χ2n) is 3.47. The lowest BCUT2D eigenvalue weighted by molar-refractivity contribution is 0.891. The normalized spacial score (nSPS) is 10.4. The van der Waals surface area contributed by atoms with E-state index in [0.717, 1.165) is 23.6 Å². The third-order valence-electron chi connectivity index (χ3n) is 2.26. The zero-order valence-corrected chi connectivity index (χ0v) is 10.5. The van der Waals surface area contributed by atoms with Gasteiger partial charge in [0.25, 0.3) is 0 Å². The Morgan fingerprint density at radius 3 is 2.94 bits per heavy atom. The van der Waals surface area contributed by atoms with Crippen LogP contribution in [0.25, 0.3) is 0 Å². The van der Waals surface area contributed by atoms with Crippen LogP contribution in [0.4, 0.5) is 5.69 Å². The quantitative estimate of drug-likeness (QED) is 0.785. The number of alkyl halides is 1. The van der Waals surface area contributed by atoms with Gasteiger partial charge in [-0.2, -0.15) is 0 Å². The van der Waals surface area contributed by atoms with E-state index in [2.05, 4.69) is 20.2 Å². The number of anilines is 1. The molecule has 84 valence electrons. The summed E-state index contributed by atoms with van der Waals surface area (Å²) in [6.45, 7) is 0.801. The topological polar surface area (TPSA) is 29.0 Å². The molecule has 0 saturated carbocycles. The fraction of sp³-hybridized carbons (Fsp3) is 0.273. The van der Waals surface area contributed by atoms with E-state index in [1.165, 1.54) is 0 Å². The van der Waals surface area contributed by atoms with Gasteiger partial charge in [-0.1, -0.05) is 0 Å². The highest BCUT2D eigenvalue weighted by molar-refractivity contribution is 7.07. The second-order valence-corrected chi connectivity index (χ2v) is 4.46. The molecule has 16 heavy (non-hydrogen) atoms. The molecule has 0 aliphatic carbocycles. The van der Waals surface area contributed by atoms with Crippen molar-refractivity contribution in [1.82, 2.24) is 9.97 Å². The number of thiazole rings is 1. The molecule has 0 unspecified atom stereocenters. The molecule has 0 aliphatic heterocycles. The highest BCUT2D eigenvalue weighted by atomic mass is 35.5. The molecule has 0 fully saturated rings. The highest BCUT2D eigenvalue weighted by Gasteiger charge is 2.04. The van der Waals surface area contributed by atoms with Crippen LogP contribution in [-0.2, 0) is 12.4 Å². The largest absolute Gasteiger partial charge is 0.369 e. The minimum absolute atomic E-state index is 0.443. The summed E-state index contributed by atoms with van der Waals surface area (Å²) >= 11 is 7.37. The van der Waals surface area contributed by atoms with Crippen LogP contribution in [0.15, 0.2) is 29.2 Å².